The highest BCUT2D eigenvalue weighted by molar-refractivity contribution is 7.89. The zero-order valence-corrected chi connectivity index (χ0v) is 19.5. The standard InChI is InChI=1S/C23H18N4O5S2/c1-2-31-16-7-3-15(4-8-16)21-25-23-27(26-21)22(28)20(33-23)13-17-9-12-19(32-17)14-5-10-18(11-6-14)34(24,29)30/h3-13H,2H2,1H3,(H2,24,29,30)/b20-13-. The molecular weight excluding hydrogens is 476 g/mol. The van der Waals surface area contributed by atoms with Crippen molar-refractivity contribution < 1.29 is 17.6 Å². The maximum Gasteiger partial charge on any atom is 0.291 e. The minimum atomic E-state index is -3.76. The molecule has 0 atom stereocenters. The zero-order chi connectivity index (χ0) is 23.9. The summed E-state index contributed by atoms with van der Waals surface area (Å²) in [6.07, 6.45) is 1.63. The molecule has 5 aromatic rings. The largest absolute Gasteiger partial charge is 0.494 e. The molecule has 11 heteroatoms. The normalized spacial score (nSPS) is 12.5. The lowest BCUT2D eigenvalue weighted by Crippen LogP contribution is -2.23. The van der Waals surface area contributed by atoms with Gasteiger partial charge in [0.25, 0.3) is 5.56 Å². The van der Waals surface area contributed by atoms with Gasteiger partial charge in [-0.25, -0.2) is 13.6 Å². The number of hydrogen-bond acceptors (Lipinski definition) is 8. The van der Waals surface area contributed by atoms with E-state index in [1.54, 1.807) is 30.3 Å². The topological polar surface area (TPSA) is 130 Å². The second kappa shape index (κ2) is 8.52. The molecule has 0 bridgehead atoms. The van der Waals surface area contributed by atoms with E-state index in [4.69, 9.17) is 14.3 Å². The lowest BCUT2D eigenvalue weighted by Gasteiger charge is -2.02. The lowest BCUT2D eigenvalue weighted by atomic mass is 10.2. The van der Waals surface area contributed by atoms with Crippen LogP contribution in [-0.2, 0) is 10.0 Å². The SMILES string of the molecule is CCOc1ccc(-c2nc3s/c(=C\c4ccc(-c5ccc(S(N)(=O)=O)cc5)o4)c(=O)n3n2)cc1. The average molecular weight is 495 g/mol. The van der Waals surface area contributed by atoms with Crippen molar-refractivity contribution >= 4 is 32.4 Å². The van der Waals surface area contributed by atoms with Crippen molar-refractivity contribution in [3.05, 3.63) is 81.3 Å². The quantitative estimate of drug-likeness (QED) is 0.384. The summed E-state index contributed by atoms with van der Waals surface area (Å²) in [5, 5.41) is 9.48. The Balaban J connectivity index is 1.43. The van der Waals surface area contributed by atoms with Gasteiger partial charge in [-0.05, 0) is 67.6 Å². The monoisotopic (exact) mass is 494 g/mol. The molecule has 0 spiro atoms. The van der Waals surface area contributed by atoms with Gasteiger partial charge in [-0.3, -0.25) is 4.79 Å². The molecule has 0 aliphatic rings. The molecular formula is C23H18N4O5S2. The first-order valence-corrected chi connectivity index (χ1v) is 12.6. The second-order valence-corrected chi connectivity index (χ2v) is 9.84. The smallest absolute Gasteiger partial charge is 0.291 e. The van der Waals surface area contributed by atoms with E-state index >= 15 is 0 Å². The minimum Gasteiger partial charge on any atom is -0.494 e. The molecule has 3 aromatic heterocycles. The Labute approximate surface area is 197 Å². The fraction of sp³-hybridized carbons (Fsp3) is 0.0870. The van der Waals surface area contributed by atoms with Crippen LogP contribution in [0.3, 0.4) is 0 Å². The van der Waals surface area contributed by atoms with Gasteiger partial charge in [0.05, 0.1) is 11.5 Å². The van der Waals surface area contributed by atoms with Crippen LogP contribution in [0.1, 0.15) is 12.7 Å². The highest BCUT2D eigenvalue weighted by Crippen LogP contribution is 2.24. The van der Waals surface area contributed by atoms with E-state index in [0.29, 0.717) is 39.0 Å². The van der Waals surface area contributed by atoms with Crippen LogP contribution in [-0.4, -0.2) is 29.6 Å². The highest BCUT2D eigenvalue weighted by Gasteiger charge is 2.13. The Morgan fingerprint density at radius 3 is 2.41 bits per heavy atom. The molecule has 0 aliphatic carbocycles. The van der Waals surface area contributed by atoms with Crippen LogP contribution < -0.4 is 20.0 Å². The number of nitrogens with two attached hydrogens (primary N) is 1. The number of aromatic nitrogens is 3. The number of fused-ring (bicyclic) bond motifs is 1. The molecule has 9 nitrogen and oxygen atoms in total. The summed E-state index contributed by atoms with van der Waals surface area (Å²) < 4.78 is 35.8. The van der Waals surface area contributed by atoms with Gasteiger partial charge in [0.15, 0.2) is 5.82 Å². The molecule has 172 valence electrons. The molecule has 0 amide bonds. The number of rotatable bonds is 6. The van der Waals surface area contributed by atoms with E-state index in [0.717, 1.165) is 11.3 Å². The third-order valence-corrected chi connectivity index (χ3v) is 6.86. The van der Waals surface area contributed by atoms with Crippen LogP contribution in [0.15, 0.2) is 74.8 Å². The summed E-state index contributed by atoms with van der Waals surface area (Å²) in [5.41, 5.74) is 1.17. The number of benzene rings is 2. The maximum absolute atomic E-state index is 12.8. The third-order valence-electron chi connectivity index (χ3n) is 4.97. The zero-order valence-electron chi connectivity index (χ0n) is 17.8. The third kappa shape index (κ3) is 4.23. The van der Waals surface area contributed by atoms with E-state index in [1.807, 2.05) is 31.2 Å². The molecule has 3 heterocycles. The van der Waals surface area contributed by atoms with Crippen molar-refractivity contribution in [2.75, 3.05) is 6.61 Å². The Morgan fingerprint density at radius 1 is 1.06 bits per heavy atom. The molecule has 0 saturated carbocycles. The number of nitrogens with zero attached hydrogens (tertiary/aromatic N) is 3. The number of hydrogen-bond donors (Lipinski definition) is 1. The molecule has 5 rings (SSSR count). The highest BCUT2D eigenvalue weighted by atomic mass is 32.2. The average Bonchev–Trinajstić information content (AvgIpc) is 3.52. The first-order chi connectivity index (χ1) is 16.3. The fourth-order valence-electron chi connectivity index (χ4n) is 3.35. The maximum atomic E-state index is 12.8. The Bertz CT molecular complexity index is 1700. The number of furan rings is 1. The van der Waals surface area contributed by atoms with E-state index in [2.05, 4.69) is 10.1 Å². The number of thiazole rings is 1. The van der Waals surface area contributed by atoms with Crippen molar-refractivity contribution in [2.24, 2.45) is 5.14 Å². The summed E-state index contributed by atoms with van der Waals surface area (Å²) >= 11 is 1.21. The van der Waals surface area contributed by atoms with Crippen molar-refractivity contribution in [3.8, 4) is 28.5 Å². The predicted octanol–water partition coefficient (Wildman–Crippen LogP) is 2.67. The van der Waals surface area contributed by atoms with Crippen molar-refractivity contribution in [3.63, 3.8) is 0 Å². The Kier molecular flexibility index (Phi) is 5.52. The van der Waals surface area contributed by atoms with Gasteiger partial charge in [-0.2, -0.15) is 9.50 Å². The minimum absolute atomic E-state index is 0.0182. The first-order valence-electron chi connectivity index (χ1n) is 10.2. The van der Waals surface area contributed by atoms with Gasteiger partial charge >= 0.3 is 0 Å². The molecule has 0 unspecified atom stereocenters. The number of primary sulfonamides is 1. The molecule has 34 heavy (non-hydrogen) atoms. The summed E-state index contributed by atoms with van der Waals surface area (Å²) in [7, 11) is -3.76. The van der Waals surface area contributed by atoms with Gasteiger partial charge in [-0.15, -0.1) is 5.10 Å². The number of ether oxygens (including phenoxy) is 1. The predicted molar refractivity (Wildman–Crippen MR) is 128 cm³/mol. The Morgan fingerprint density at radius 2 is 1.76 bits per heavy atom. The van der Waals surface area contributed by atoms with Gasteiger partial charge < -0.3 is 9.15 Å². The van der Waals surface area contributed by atoms with Crippen molar-refractivity contribution in [2.45, 2.75) is 11.8 Å². The molecule has 0 radical (unpaired) electrons. The number of sulfonamides is 1. The first kappa shape index (κ1) is 22.0. The van der Waals surface area contributed by atoms with Gasteiger partial charge in [0.1, 0.15) is 21.8 Å². The van der Waals surface area contributed by atoms with Crippen LogP contribution in [0.4, 0.5) is 0 Å². The van der Waals surface area contributed by atoms with Crippen LogP contribution in [0.25, 0.3) is 33.7 Å². The van der Waals surface area contributed by atoms with E-state index in [1.165, 1.54) is 28.0 Å². The van der Waals surface area contributed by atoms with E-state index in [-0.39, 0.29) is 10.5 Å². The lowest BCUT2D eigenvalue weighted by molar-refractivity contribution is 0.340. The molecule has 0 fully saturated rings. The molecule has 2 N–H and O–H groups in total. The van der Waals surface area contributed by atoms with E-state index < -0.39 is 10.0 Å². The molecule has 0 saturated heterocycles. The van der Waals surface area contributed by atoms with Crippen LogP contribution >= 0.6 is 11.3 Å². The summed E-state index contributed by atoms with van der Waals surface area (Å²) in [6, 6.07) is 16.9. The van der Waals surface area contributed by atoms with Gasteiger partial charge in [0.2, 0.25) is 15.0 Å². The van der Waals surface area contributed by atoms with Crippen LogP contribution in [0, 0.1) is 0 Å². The van der Waals surface area contributed by atoms with E-state index in [9.17, 15) is 13.2 Å². The summed E-state index contributed by atoms with van der Waals surface area (Å²) in [6.45, 7) is 2.50. The van der Waals surface area contributed by atoms with Gasteiger partial charge in [-0.1, -0.05) is 11.3 Å². The van der Waals surface area contributed by atoms with Crippen LogP contribution in [0.5, 0.6) is 5.75 Å². The molecule has 2 aromatic carbocycles. The van der Waals surface area contributed by atoms with Crippen molar-refractivity contribution in [1.29, 1.82) is 0 Å². The van der Waals surface area contributed by atoms with Crippen molar-refractivity contribution in [1.82, 2.24) is 14.6 Å². The summed E-state index contributed by atoms with van der Waals surface area (Å²) in [5.74, 6) is 2.21. The molecule has 0 aliphatic heterocycles. The van der Waals surface area contributed by atoms with Crippen LogP contribution in [0.2, 0.25) is 0 Å². The van der Waals surface area contributed by atoms with Gasteiger partial charge in [0, 0.05) is 17.2 Å². The fourth-order valence-corrected chi connectivity index (χ4v) is 4.75. The second-order valence-electron chi connectivity index (χ2n) is 7.27. The summed E-state index contributed by atoms with van der Waals surface area (Å²) in [4.78, 5) is 17.8. The Hall–Kier alpha value is -3.80.